The summed E-state index contributed by atoms with van der Waals surface area (Å²) in [6.07, 6.45) is 1.03. The van der Waals surface area contributed by atoms with Crippen LogP contribution in [0.5, 0.6) is 0 Å². The van der Waals surface area contributed by atoms with Crippen LogP contribution in [0, 0.1) is 11.8 Å². The highest BCUT2D eigenvalue weighted by Gasteiger charge is 2.39. The van der Waals surface area contributed by atoms with Gasteiger partial charge in [-0.2, -0.15) is 0 Å². The van der Waals surface area contributed by atoms with Crippen molar-refractivity contribution in [2.24, 2.45) is 11.8 Å². The molecule has 2 aliphatic rings. The first-order valence-corrected chi connectivity index (χ1v) is 6.97. The van der Waals surface area contributed by atoms with E-state index in [0.717, 1.165) is 38.4 Å². The highest BCUT2D eigenvalue weighted by Crippen LogP contribution is 2.38. The van der Waals surface area contributed by atoms with Crippen LogP contribution in [0.4, 0.5) is 11.4 Å². The van der Waals surface area contributed by atoms with Gasteiger partial charge in [0.1, 0.15) is 0 Å². The van der Waals surface area contributed by atoms with Gasteiger partial charge in [0.05, 0.1) is 13.2 Å². The monoisotopic (exact) mass is 260 g/mol. The van der Waals surface area contributed by atoms with Crippen molar-refractivity contribution in [3.05, 3.63) is 24.3 Å². The second-order valence-electron chi connectivity index (χ2n) is 5.46. The lowest BCUT2D eigenvalue weighted by Gasteiger charge is -2.28. The zero-order valence-corrected chi connectivity index (χ0v) is 11.3. The van der Waals surface area contributed by atoms with Crippen LogP contribution in [0.2, 0.25) is 0 Å². The average Bonchev–Trinajstić information content (AvgIpc) is 3.18. The third kappa shape index (κ3) is 2.89. The lowest BCUT2D eigenvalue weighted by atomic mass is 10.2. The summed E-state index contributed by atoms with van der Waals surface area (Å²) in [4.78, 5) is 14.1. The minimum absolute atomic E-state index is 0.159. The SMILES string of the molecule is C[C@H]1C[C@H]1C(=O)Nc1ccc(N2CCOCC2)cc1. The molecule has 2 atom stereocenters. The highest BCUT2D eigenvalue weighted by molar-refractivity contribution is 5.94. The number of ether oxygens (including phenoxy) is 1. The van der Waals surface area contributed by atoms with E-state index >= 15 is 0 Å². The van der Waals surface area contributed by atoms with E-state index in [9.17, 15) is 4.79 Å². The van der Waals surface area contributed by atoms with Gasteiger partial charge in [-0.3, -0.25) is 4.79 Å². The summed E-state index contributed by atoms with van der Waals surface area (Å²) in [5.41, 5.74) is 2.09. The number of anilines is 2. The Labute approximate surface area is 113 Å². The van der Waals surface area contributed by atoms with Gasteiger partial charge in [-0.05, 0) is 36.6 Å². The Hall–Kier alpha value is -1.55. The van der Waals surface area contributed by atoms with Crippen molar-refractivity contribution >= 4 is 17.3 Å². The minimum atomic E-state index is 0.159. The molecule has 1 aliphatic heterocycles. The Morgan fingerprint density at radius 1 is 1.26 bits per heavy atom. The van der Waals surface area contributed by atoms with Crippen LogP contribution in [0.3, 0.4) is 0 Å². The summed E-state index contributed by atoms with van der Waals surface area (Å²) in [5, 5.41) is 2.98. The van der Waals surface area contributed by atoms with E-state index in [2.05, 4.69) is 29.3 Å². The van der Waals surface area contributed by atoms with Crippen LogP contribution < -0.4 is 10.2 Å². The van der Waals surface area contributed by atoms with Gasteiger partial charge in [-0.1, -0.05) is 6.92 Å². The summed E-state index contributed by atoms with van der Waals surface area (Å²) in [7, 11) is 0. The maximum Gasteiger partial charge on any atom is 0.227 e. The molecule has 1 aromatic carbocycles. The van der Waals surface area contributed by atoms with Crippen molar-refractivity contribution in [3.8, 4) is 0 Å². The molecule has 1 aliphatic carbocycles. The number of carbonyl (C=O) groups is 1. The normalized spacial score (nSPS) is 26.1. The molecular weight excluding hydrogens is 240 g/mol. The standard InChI is InChI=1S/C15H20N2O2/c1-11-10-14(11)15(18)16-12-2-4-13(5-3-12)17-6-8-19-9-7-17/h2-5,11,14H,6-10H2,1H3,(H,16,18)/t11-,14+/m0/s1. The highest BCUT2D eigenvalue weighted by atomic mass is 16.5. The number of hydrogen-bond donors (Lipinski definition) is 1. The molecule has 0 aromatic heterocycles. The second kappa shape index (κ2) is 5.21. The Kier molecular flexibility index (Phi) is 3.42. The minimum Gasteiger partial charge on any atom is -0.378 e. The van der Waals surface area contributed by atoms with Crippen molar-refractivity contribution in [2.75, 3.05) is 36.5 Å². The maximum atomic E-state index is 11.8. The van der Waals surface area contributed by atoms with Gasteiger partial charge in [-0.15, -0.1) is 0 Å². The quantitative estimate of drug-likeness (QED) is 0.905. The number of nitrogens with zero attached hydrogens (tertiary/aromatic N) is 1. The number of rotatable bonds is 3. The van der Waals surface area contributed by atoms with E-state index in [4.69, 9.17) is 4.74 Å². The zero-order chi connectivity index (χ0) is 13.2. The molecule has 0 unspecified atom stereocenters. The van der Waals surface area contributed by atoms with Crippen LogP contribution in [0.1, 0.15) is 13.3 Å². The van der Waals surface area contributed by atoms with Gasteiger partial charge in [-0.25, -0.2) is 0 Å². The number of amides is 1. The van der Waals surface area contributed by atoms with Crippen LogP contribution in [-0.4, -0.2) is 32.2 Å². The third-order valence-corrected chi connectivity index (χ3v) is 3.96. The molecule has 0 spiro atoms. The van der Waals surface area contributed by atoms with Gasteiger partial charge < -0.3 is 15.0 Å². The molecule has 0 radical (unpaired) electrons. The predicted molar refractivity (Wildman–Crippen MR) is 75.4 cm³/mol. The molecule has 4 nitrogen and oxygen atoms in total. The molecule has 1 N–H and O–H groups in total. The van der Waals surface area contributed by atoms with Crippen molar-refractivity contribution in [2.45, 2.75) is 13.3 Å². The van der Waals surface area contributed by atoms with Gasteiger partial charge in [0.15, 0.2) is 0 Å². The fraction of sp³-hybridized carbons (Fsp3) is 0.533. The Morgan fingerprint density at radius 3 is 2.47 bits per heavy atom. The molecule has 1 amide bonds. The number of nitrogens with one attached hydrogen (secondary N) is 1. The van der Waals surface area contributed by atoms with Crippen LogP contribution >= 0.6 is 0 Å². The molecule has 102 valence electrons. The molecule has 0 bridgehead atoms. The predicted octanol–water partition coefficient (Wildman–Crippen LogP) is 2.12. The molecule has 1 aromatic rings. The summed E-state index contributed by atoms with van der Waals surface area (Å²) >= 11 is 0. The average molecular weight is 260 g/mol. The van der Waals surface area contributed by atoms with E-state index < -0.39 is 0 Å². The van der Waals surface area contributed by atoms with Gasteiger partial charge >= 0.3 is 0 Å². The van der Waals surface area contributed by atoms with E-state index in [1.54, 1.807) is 0 Å². The summed E-state index contributed by atoms with van der Waals surface area (Å²) in [6.45, 7) is 5.57. The third-order valence-electron chi connectivity index (χ3n) is 3.96. The van der Waals surface area contributed by atoms with Crippen molar-refractivity contribution in [1.82, 2.24) is 0 Å². The molecule has 1 saturated carbocycles. The van der Waals surface area contributed by atoms with Gasteiger partial charge in [0.2, 0.25) is 5.91 Å². The lowest BCUT2D eigenvalue weighted by molar-refractivity contribution is -0.117. The van der Waals surface area contributed by atoms with Gasteiger partial charge in [0, 0.05) is 30.4 Å². The number of hydrogen-bond acceptors (Lipinski definition) is 3. The summed E-state index contributed by atoms with van der Waals surface area (Å²) in [5.74, 6) is 0.929. The van der Waals surface area contributed by atoms with Crippen LogP contribution in [0.25, 0.3) is 0 Å². The largest absolute Gasteiger partial charge is 0.378 e. The van der Waals surface area contributed by atoms with Crippen LogP contribution in [0.15, 0.2) is 24.3 Å². The summed E-state index contributed by atoms with van der Waals surface area (Å²) in [6, 6.07) is 8.10. The fourth-order valence-electron chi connectivity index (χ4n) is 2.50. The smallest absolute Gasteiger partial charge is 0.227 e. The maximum absolute atomic E-state index is 11.8. The van der Waals surface area contributed by atoms with E-state index in [1.165, 1.54) is 5.69 Å². The van der Waals surface area contributed by atoms with E-state index in [0.29, 0.717) is 5.92 Å². The molecule has 2 fully saturated rings. The topological polar surface area (TPSA) is 41.6 Å². The first-order valence-electron chi connectivity index (χ1n) is 6.97. The number of morpholine rings is 1. The molecule has 4 heteroatoms. The zero-order valence-electron chi connectivity index (χ0n) is 11.3. The second-order valence-corrected chi connectivity index (χ2v) is 5.46. The fourth-order valence-corrected chi connectivity index (χ4v) is 2.50. The molecule has 3 rings (SSSR count). The molecule has 1 heterocycles. The van der Waals surface area contributed by atoms with E-state index in [1.807, 2.05) is 12.1 Å². The van der Waals surface area contributed by atoms with Crippen LogP contribution in [-0.2, 0) is 9.53 Å². The molecular formula is C15H20N2O2. The summed E-state index contributed by atoms with van der Waals surface area (Å²) < 4.78 is 5.34. The lowest BCUT2D eigenvalue weighted by Crippen LogP contribution is -2.36. The number of benzene rings is 1. The first-order chi connectivity index (χ1) is 9.24. The van der Waals surface area contributed by atoms with Crippen molar-refractivity contribution in [3.63, 3.8) is 0 Å². The Morgan fingerprint density at radius 2 is 1.89 bits per heavy atom. The number of carbonyl (C=O) groups excluding carboxylic acids is 1. The van der Waals surface area contributed by atoms with Crippen molar-refractivity contribution < 1.29 is 9.53 Å². The molecule has 1 saturated heterocycles. The first kappa shape index (κ1) is 12.5. The van der Waals surface area contributed by atoms with Gasteiger partial charge in [0.25, 0.3) is 0 Å². The Balaban J connectivity index is 1.60. The Bertz CT molecular complexity index is 452. The van der Waals surface area contributed by atoms with Crippen molar-refractivity contribution in [1.29, 1.82) is 0 Å². The van der Waals surface area contributed by atoms with E-state index in [-0.39, 0.29) is 11.8 Å². The molecule has 19 heavy (non-hydrogen) atoms.